The second kappa shape index (κ2) is 7.23. The maximum absolute atomic E-state index is 11.2. The van der Waals surface area contributed by atoms with Gasteiger partial charge in [-0.2, -0.15) is 0 Å². The number of fused-ring (bicyclic) bond motifs is 1. The number of benzene rings is 2. The quantitative estimate of drug-likeness (QED) is 0.816. The van der Waals surface area contributed by atoms with E-state index in [1.165, 1.54) is 16.3 Å². The molecule has 2 aromatic carbocycles. The molecule has 0 amide bonds. The summed E-state index contributed by atoms with van der Waals surface area (Å²) >= 11 is 0. The van der Waals surface area contributed by atoms with Gasteiger partial charge in [-0.3, -0.25) is 4.79 Å². The lowest BCUT2D eigenvalue weighted by molar-refractivity contribution is -0.142. The Morgan fingerprint density at radius 3 is 2.52 bits per heavy atom. The highest BCUT2D eigenvalue weighted by molar-refractivity contribution is 5.82. The normalized spacial score (nSPS) is 12.7. The molecule has 1 atom stereocenters. The van der Waals surface area contributed by atoms with E-state index in [0.29, 0.717) is 25.4 Å². The standard InChI is InChI=1S/C18H23NO2/c1-13(2)9-17(18(20)21)12-19-11-14-7-8-15-5-3-4-6-16(15)10-14/h3-8,10,13,17,19H,9,11-12H2,1-2H3,(H,20,21). The highest BCUT2D eigenvalue weighted by atomic mass is 16.4. The molecule has 2 aromatic rings. The zero-order valence-corrected chi connectivity index (χ0v) is 12.7. The molecule has 0 aliphatic carbocycles. The third-order valence-corrected chi connectivity index (χ3v) is 3.64. The third-order valence-electron chi connectivity index (χ3n) is 3.64. The number of aliphatic carboxylic acids is 1. The number of hydrogen-bond acceptors (Lipinski definition) is 2. The van der Waals surface area contributed by atoms with Crippen LogP contribution in [-0.2, 0) is 11.3 Å². The van der Waals surface area contributed by atoms with Crippen LogP contribution in [0.15, 0.2) is 42.5 Å². The van der Waals surface area contributed by atoms with Crippen LogP contribution in [-0.4, -0.2) is 17.6 Å². The first-order valence-corrected chi connectivity index (χ1v) is 7.47. The summed E-state index contributed by atoms with van der Waals surface area (Å²) in [5.41, 5.74) is 1.18. The van der Waals surface area contributed by atoms with E-state index in [2.05, 4.69) is 49.5 Å². The van der Waals surface area contributed by atoms with Crippen molar-refractivity contribution >= 4 is 16.7 Å². The molecule has 0 spiro atoms. The number of carbonyl (C=O) groups is 1. The number of carboxylic acids is 1. The van der Waals surface area contributed by atoms with Gasteiger partial charge in [0.15, 0.2) is 0 Å². The first kappa shape index (κ1) is 15.5. The zero-order chi connectivity index (χ0) is 15.2. The zero-order valence-electron chi connectivity index (χ0n) is 12.7. The second-order valence-corrected chi connectivity index (χ2v) is 5.98. The van der Waals surface area contributed by atoms with E-state index in [1.54, 1.807) is 0 Å². The molecule has 112 valence electrons. The lowest BCUT2D eigenvalue weighted by Crippen LogP contribution is -2.29. The van der Waals surface area contributed by atoms with Crippen LogP contribution in [0.5, 0.6) is 0 Å². The molecule has 0 saturated heterocycles. The summed E-state index contributed by atoms with van der Waals surface area (Å²) in [6.45, 7) is 5.32. The summed E-state index contributed by atoms with van der Waals surface area (Å²) in [4.78, 5) is 11.2. The SMILES string of the molecule is CC(C)CC(CNCc1ccc2ccccc2c1)C(=O)O. The molecule has 21 heavy (non-hydrogen) atoms. The Bertz CT molecular complexity index is 607. The number of nitrogens with one attached hydrogen (secondary N) is 1. The minimum absolute atomic E-state index is 0.314. The largest absolute Gasteiger partial charge is 0.481 e. The van der Waals surface area contributed by atoms with Crippen LogP contribution in [0.4, 0.5) is 0 Å². The summed E-state index contributed by atoms with van der Waals surface area (Å²) in [6.07, 6.45) is 0.708. The van der Waals surface area contributed by atoms with Gasteiger partial charge in [0.25, 0.3) is 0 Å². The van der Waals surface area contributed by atoms with E-state index in [1.807, 2.05) is 12.1 Å². The summed E-state index contributed by atoms with van der Waals surface area (Å²) in [6, 6.07) is 14.6. The molecule has 0 aliphatic rings. The van der Waals surface area contributed by atoms with Gasteiger partial charge in [0.2, 0.25) is 0 Å². The van der Waals surface area contributed by atoms with Gasteiger partial charge in [0.1, 0.15) is 0 Å². The van der Waals surface area contributed by atoms with Crippen molar-refractivity contribution < 1.29 is 9.90 Å². The number of rotatable bonds is 7. The van der Waals surface area contributed by atoms with Gasteiger partial charge in [0.05, 0.1) is 5.92 Å². The van der Waals surface area contributed by atoms with E-state index in [4.69, 9.17) is 0 Å². The average Bonchev–Trinajstić information content (AvgIpc) is 2.45. The van der Waals surface area contributed by atoms with E-state index < -0.39 is 5.97 Å². The van der Waals surface area contributed by atoms with Crippen LogP contribution in [0.3, 0.4) is 0 Å². The van der Waals surface area contributed by atoms with Gasteiger partial charge in [0, 0.05) is 13.1 Å². The Labute approximate surface area is 126 Å². The molecule has 3 nitrogen and oxygen atoms in total. The second-order valence-electron chi connectivity index (χ2n) is 5.98. The highest BCUT2D eigenvalue weighted by Gasteiger charge is 2.18. The van der Waals surface area contributed by atoms with E-state index in [0.717, 1.165) is 0 Å². The molecular formula is C18H23NO2. The first-order chi connectivity index (χ1) is 10.1. The van der Waals surface area contributed by atoms with E-state index in [-0.39, 0.29) is 5.92 Å². The predicted octanol–water partition coefficient (Wildman–Crippen LogP) is 3.68. The fraction of sp³-hybridized carbons (Fsp3) is 0.389. The summed E-state index contributed by atoms with van der Waals surface area (Å²) in [7, 11) is 0. The lowest BCUT2D eigenvalue weighted by Gasteiger charge is -2.15. The fourth-order valence-corrected chi connectivity index (χ4v) is 2.58. The Hall–Kier alpha value is -1.87. The minimum atomic E-state index is -0.713. The Morgan fingerprint density at radius 2 is 1.86 bits per heavy atom. The van der Waals surface area contributed by atoms with Crippen molar-refractivity contribution in [2.75, 3.05) is 6.54 Å². The molecule has 0 saturated carbocycles. The van der Waals surface area contributed by atoms with E-state index >= 15 is 0 Å². The summed E-state index contributed by atoms with van der Waals surface area (Å²) < 4.78 is 0. The van der Waals surface area contributed by atoms with Crippen LogP contribution in [0.25, 0.3) is 10.8 Å². The Morgan fingerprint density at radius 1 is 1.14 bits per heavy atom. The molecule has 0 aromatic heterocycles. The minimum Gasteiger partial charge on any atom is -0.481 e. The predicted molar refractivity (Wildman–Crippen MR) is 86.2 cm³/mol. The van der Waals surface area contributed by atoms with Gasteiger partial charge >= 0.3 is 5.97 Å². The molecule has 0 heterocycles. The first-order valence-electron chi connectivity index (χ1n) is 7.47. The van der Waals surface area contributed by atoms with Gasteiger partial charge in [-0.05, 0) is 34.7 Å². The molecular weight excluding hydrogens is 262 g/mol. The molecule has 3 heteroatoms. The van der Waals surface area contributed by atoms with E-state index in [9.17, 15) is 9.90 Å². The lowest BCUT2D eigenvalue weighted by atomic mass is 9.97. The van der Waals surface area contributed by atoms with Crippen LogP contribution in [0.1, 0.15) is 25.8 Å². The van der Waals surface area contributed by atoms with Crippen molar-refractivity contribution in [2.45, 2.75) is 26.8 Å². The molecule has 2 rings (SSSR count). The van der Waals surface area contributed by atoms with Crippen LogP contribution in [0.2, 0.25) is 0 Å². The van der Waals surface area contributed by atoms with Crippen molar-refractivity contribution in [1.29, 1.82) is 0 Å². The molecule has 1 unspecified atom stereocenters. The third kappa shape index (κ3) is 4.57. The van der Waals surface area contributed by atoms with Crippen molar-refractivity contribution in [3.05, 3.63) is 48.0 Å². The molecule has 0 fully saturated rings. The van der Waals surface area contributed by atoms with Crippen LogP contribution < -0.4 is 5.32 Å². The molecule has 2 N–H and O–H groups in total. The smallest absolute Gasteiger partial charge is 0.307 e. The topological polar surface area (TPSA) is 49.3 Å². The van der Waals surface area contributed by atoms with Gasteiger partial charge in [-0.15, -0.1) is 0 Å². The van der Waals surface area contributed by atoms with Crippen LogP contribution >= 0.6 is 0 Å². The van der Waals surface area contributed by atoms with Crippen molar-refractivity contribution in [3.63, 3.8) is 0 Å². The number of hydrogen-bond donors (Lipinski definition) is 2. The maximum Gasteiger partial charge on any atom is 0.307 e. The van der Waals surface area contributed by atoms with Crippen molar-refractivity contribution in [3.8, 4) is 0 Å². The molecule has 0 aliphatic heterocycles. The maximum atomic E-state index is 11.2. The number of carboxylic acid groups (broad SMARTS) is 1. The Balaban J connectivity index is 1.93. The average molecular weight is 285 g/mol. The summed E-state index contributed by atoms with van der Waals surface area (Å²) in [5.74, 6) is -0.631. The summed E-state index contributed by atoms with van der Waals surface area (Å²) in [5, 5.41) is 14.9. The van der Waals surface area contributed by atoms with Crippen molar-refractivity contribution in [2.24, 2.45) is 11.8 Å². The Kier molecular flexibility index (Phi) is 5.34. The van der Waals surface area contributed by atoms with Crippen LogP contribution in [0, 0.1) is 11.8 Å². The van der Waals surface area contributed by atoms with Crippen molar-refractivity contribution in [1.82, 2.24) is 5.32 Å². The molecule has 0 bridgehead atoms. The fourth-order valence-electron chi connectivity index (χ4n) is 2.58. The highest BCUT2D eigenvalue weighted by Crippen LogP contribution is 2.16. The van der Waals surface area contributed by atoms with Gasteiger partial charge in [-0.25, -0.2) is 0 Å². The van der Waals surface area contributed by atoms with Gasteiger partial charge < -0.3 is 10.4 Å². The molecule has 0 radical (unpaired) electrons. The monoisotopic (exact) mass is 285 g/mol. The van der Waals surface area contributed by atoms with Gasteiger partial charge in [-0.1, -0.05) is 50.2 Å².